The van der Waals surface area contributed by atoms with Crippen LogP contribution in [0.5, 0.6) is 0 Å². The predicted octanol–water partition coefficient (Wildman–Crippen LogP) is 8.87. The highest BCUT2D eigenvalue weighted by atomic mass is 35.5. The van der Waals surface area contributed by atoms with Crippen LogP contribution in [-0.4, -0.2) is 32.2 Å². The Balaban J connectivity index is 1.24. The van der Waals surface area contributed by atoms with E-state index in [1.54, 1.807) is 0 Å². The quantitative estimate of drug-likeness (QED) is 0.183. The van der Waals surface area contributed by atoms with Crippen LogP contribution in [-0.2, 0) is 17.6 Å². The zero-order chi connectivity index (χ0) is 32.8. The van der Waals surface area contributed by atoms with Crippen molar-refractivity contribution in [2.24, 2.45) is 21.1 Å². The molecule has 1 N–H and O–H groups in total. The lowest BCUT2D eigenvalue weighted by Gasteiger charge is -2.15. The Kier molecular flexibility index (Phi) is 8.15. The number of nitrogens with one attached hydrogen (secondary N) is 1. The van der Waals surface area contributed by atoms with Crippen molar-refractivity contribution >= 4 is 57.4 Å². The van der Waals surface area contributed by atoms with Gasteiger partial charge in [-0.2, -0.15) is 10.2 Å². The topological polar surface area (TPSA) is 114 Å². The van der Waals surface area contributed by atoms with E-state index in [9.17, 15) is 9.59 Å². The van der Waals surface area contributed by atoms with E-state index in [2.05, 4.69) is 31.8 Å². The summed E-state index contributed by atoms with van der Waals surface area (Å²) in [6.07, 6.45) is 1.63. The Morgan fingerprint density at radius 3 is 2.45 bits per heavy atom. The van der Waals surface area contributed by atoms with Gasteiger partial charge in [0.2, 0.25) is 5.91 Å². The first-order valence-electron chi connectivity index (χ1n) is 15.5. The number of aliphatic imine (C=N–C) groups is 1. The number of thiophene rings is 1. The van der Waals surface area contributed by atoms with E-state index < -0.39 is 6.04 Å². The third-order valence-electron chi connectivity index (χ3n) is 8.53. The molecule has 5 aromatic rings. The van der Waals surface area contributed by atoms with E-state index in [-0.39, 0.29) is 24.0 Å². The molecule has 2 aliphatic rings. The van der Waals surface area contributed by atoms with Gasteiger partial charge >= 0.3 is 0 Å². The number of ketones is 1. The number of aromatic nitrogens is 3. The number of aryl methyl sites for hydroxylation is 3. The summed E-state index contributed by atoms with van der Waals surface area (Å²) in [5.41, 5.74) is 7.71. The number of rotatable bonds is 6. The molecule has 9 nitrogen and oxygen atoms in total. The second kappa shape index (κ2) is 12.4. The Morgan fingerprint density at radius 2 is 1.68 bits per heavy atom. The summed E-state index contributed by atoms with van der Waals surface area (Å²) in [4.78, 5) is 32.9. The van der Waals surface area contributed by atoms with Crippen LogP contribution in [0.1, 0.15) is 75.4 Å². The fourth-order valence-corrected chi connectivity index (χ4v) is 7.64. The van der Waals surface area contributed by atoms with Crippen LogP contribution < -0.4 is 5.32 Å². The monoisotopic (exact) mass is 661 g/mol. The predicted molar refractivity (Wildman–Crippen MR) is 185 cm³/mol. The molecule has 2 aromatic heterocycles. The van der Waals surface area contributed by atoms with Crippen LogP contribution in [0.15, 0.2) is 82.0 Å². The van der Waals surface area contributed by atoms with E-state index in [1.807, 2.05) is 92.9 Å². The normalized spacial score (nSPS) is 15.0. The summed E-state index contributed by atoms with van der Waals surface area (Å²) in [6.45, 7) is 7.64. The Morgan fingerprint density at radius 1 is 0.957 bits per heavy atom. The summed E-state index contributed by atoms with van der Waals surface area (Å²) >= 11 is 7.68. The molecule has 4 heterocycles. The standard InChI is InChI=1S/C36H32ClN7O2S/c1-19(2)33(46)34-20(3)31-32(23-11-13-25(37)14-12-23)39-29(35-43-40-21(4)44(35)36(31)47-34)18-30(45)38-26-15-16-28-24(17-26)10-9-22-7-5-6-8-27(22)41-42-28/h5-8,11-17,19,29H,9-10,18H2,1-4H3,(H,38,45)/t29-/m0/s1. The van der Waals surface area contributed by atoms with Crippen molar-refractivity contribution < 1.29 is 9.59 Å². The van der Waals surface area contributed by atoms with Gasteiger partial charge < -0.3 is 5.32 Å². The van der Waals surface area contributed by atoms with Crippen LogP contribution in [0, 0.1) is 19.8 Å². The number of hydrogen-bond donors (Lipinski definition) is 1. The first-order chi connectivity index (χ1) is 22.7. The lowest BCUT2D eigenvalue weighted by Crippen LogP contribution is -2.17. The molecule has 0 bridgehead atoms. The number of anilines is 1. The second-order valence-electron chi connectivity index (χ2n) is 12.1. The molecule has 3 aromatic carbocycles. The van der Waals surface area contributed by atoms with E-state index in [0.717, 1.165) is 57.0 Å². The van der Waals surface area contributed by atoms with Gasteiger partial charge in [-0.15, -0.1) is 21.5 Å². The fourth-order valence-electron chi connectivity index (χ4n) is 6.06. The molecular formula is C36H32ClN7O2S. The molecule has 2 aliphatic heterocycles. The zero-order valence-electron chi connectivity index (χ0n) is 26.4. The summed E-state index contributed by atoms with van der Waals surface area (Å²) < 4.78 is 1.95. The van der Waals surface area contributed by atoms with Crippen molar-refractivity contribution in [2.45, 2.75) is 53.0 Å². The largest absolute Gasteiger partial charge is 0.326 e. The van der Waals surface area contributed by atoms with Gasteiger partial charge in [0.15, 0.2) is 11.6 Å². The molecule has 1 amide bonds. The van der Waals surface area contributed by atoms with Gasteiger partial charge in [-0.3, -0.25) is 19.1 Å². The van der Waals surface area contributed by atoms with Crippen LogP contribution >= 0.6 is 22.9 Å². The van der Waals surface area contributed by atoms with Gasteiger partial charge in [-0.1, -0.05) is 55.8 Å². The maximum absolute atomic E-state index is 13.7. The van der Waals surface area contributed by atoms with Gasteiger partial charge in [0.25, 0.3) is 0 Å². The minimum absolute atomic E-state index is 0.0329. The highest BCUT2D eigenvalue weighted by Crippen LogP contribution is 2.41. The molecule has 0 unspecified atom stereocenters. The fraction of sp³-hybridized carbons (Fsp3) is 0.250. The van der Waals surface area contributed by atoms with Crippen molar-refractivity contribution in [1.29, 1.82) is 0 Å². The van der Waals surface area contributed by atoms with E-state index in [1.165, 1.54) is 11.3 Å². The SMILES string of the molecule is Cc1c(C(=O)C(C)C)sc2c1C(c1ccc(Cl)cc1)=N[C@@H](CC(=O)Nc1ccc3c(c1)CCc1ccccc1N=N3)c1nnc(C)n1-2. The number of carbonyl (C=O) groups is 2. The van der Waals surface area contributed by atoms with Gasteiger partial charge in [-0.05, 0) is 79.8 Å². The Hall–Kier alpha value is -4.80. The Bertz CT molecular complexity index is 2110. The van der Waals surface area contributed by atoms with Crippen molar-refractivity contribution in [3.63, 3.8) is 0 Å². The lowest BCUT2D eigenvalue weighted by atomic mass is 9.97. The van der Waals surface area contributed by atoms with Crippen LogP contribution in [0.3, 0.4) is 0 Å². The van der Waals surface area contributed by atoms with Crippen LogP contribution in [0.4, 0.5) is 17.1 Å². The lowest BCUT2D eigenvalue weighted by molar-refractivity contribution is -0.116. The number of hydrogen-bond acceptors (Lipinski definition) is 8. The molecule has 236 valence electrons. The number of azo groups is 1. The summed E-state index contributed by atoms with van der Waals surface area (Å²) in [6, 6.07) is 20.5. The molecule has 0 spiro atoms. The van der Waals surface area contributed by atoms with Gasteiger partial charge in [0.05, 0.1) is 28.4 Å². The molecule has 0 fully saturated rings. The number of benzene rings is 3. The maximum Gasteiger partial charge on any atom is 0.227 e. The third kappa shape index (κ3) is 5.83. The number of amides is 1. The number of Topliss-reactive ketones (excluding diaryl/α,β-unsaturated/α-hetero) is 1. The van der Waals surface area contributed by atoms with E-state index in [0.29, 0.717) is 32.9 Å². The molecular weight excluding hydrogens is 630 g/mol. The summed E-state index contributed by atoms with van der Waals surface area (Å²) in [5, 5.41) is 22.3. The van der Waals surface area contributed by atoms with Crippen molar-refractivity contribution in [2.75, 3.05) is 5.32 Å². The van der Waals surface area contributed by atoms with Crippen molar-refractivity contribution in [3.8, 4) is 5.00 Å². The molecule has 0 radical (unpaired) electrons. The number of halogens is 1. The average Bonchev–Trinajstić information content (AvgIpc) is 3.55. The molecule has 11 heteroatoms. The first kappa shape index (κ1) is 30.8. The van der Waals surface area contributed by atoms with Crippen LogP contribution in [0.25, 0.3) is 5.00 Å². The van der Waals surface area contributed by atoms with Gasteiger partial charge in [0.1, 0.15) is 16.9 Å². The van der Waals surface area contributed by atoms with E-state index >= 15 is 0 Å². The molecule has 0 saturated carbocycles. The molecule has 0 saturated heterocycles. The maximum atomic E-state index is 13.7. The van der Waals surface area contributed by atoms with Crippen molar-refractivity contribution in [3.05, 3.63) is 116 Å². The summed E-state index contributed by atoms with van der Waals surface area (Å²) in [5.74, 6) is 0.894. The second-order valence-corrected chi connectivity index (χ2v) is 13.6. The van der Waals surface area contributed by atoms with Gasteiger partial charge in [-0.25, -0.2) is 0 Å². The number of carbonyl (C=O) groups excluding carboxylic acids is 2. The van der Waals surface area contributed by atoms with Crippen molar-refractivity contribution in [1.82, 2.24) is 14.8 Å². The number of nitrogens with zero attached hydrogens (tertiary/aromatic N) is 6. The minimum atomic E-state index is -0.639. The molecule has 0 aliphatic carbocycles. The minimum Gasteiger partial charge on any atom is -0.326 e. The van der Waals surface area contributed by atoms with Gasteiger partial charge in [0, 0.05) is 27.8 Å². The highest BCUT2D eigenvalue weighted by molar-refractivity contribution is 7.17. The first-order valence-corrected chi connectivity index (χ1v) is 16.7. The van der Waals surface area contributed by atoms with Crippen LogP contribution in [0.2, 0.25) is 5.02 Å². The zero-order valence-corrected chi connectivity index (χ0v) is 28.0. The number of fused-ring (bicyclic) bond motifs is 5. The highest BCUT2D eigenvalue weighted by Gasteiger charge is 2.34. The molecule has 47 heavy (non-hydrogen) atoms. The Labute approximate surface area is 281 Å². The smallest absolute Gasteiger partial charge is 0.227 e. The third-order valence-corrected chi connectivity index (χ3v) is 10.1. The molecule has 7 rings (SSSR count). The average molecular weight is 662 g/mol. The van der Waals surface area contributed by atoms with E-state index in [4.69, 9.17) is 16.6 Å². The summed E-state index contributed by atoms with van der Waals surface area (Å²) in [7, 11) is 0. The molecule has 1 atom stereocenters.